The second-order valence-corrected chi connectivity index (χ2v) is 7.42. The van der Waals surface area contributed by atoms with E-state index in [0.29, 0.717) is 6.04 Å². The Hall–Kier alpha value is -1.59. The van der Waals surface area contributed by atoms with Crippen molar-refractivity contribution in [3.63, 3.8) is 0 Å². The summed E-state index contributed by atoms with van der Waals surface area (Å²) in [5.74, 6) is 0.877. The van der Waals surface area contributed by atoms with E-state index in [2.05, 4.69) is 84.3 Å². The quantitative estimate of drug-likeness (QED) is 0.399. The van der Waals surface area contributed by atoms with Gasteiger partial charge in [-0.3, -0.25) is 9.89 Å². The van der Waals surface area contributed by atoms with Crippen molar-refractivity contribution < 1.29 is 0 Å². The Bertz CT molecular complexity index is 532. The molecule has 0 spiro atoms. The van der Waals surface area contributed by atoms with Crippen LogP contribution in [-0.4, -0.2) is 61.6 Å². The molecular weight excluding hydrogens is 346 g/mol. The lowest BCUT2D eigenvalue weighted by Gasteiger charge is -2.21. The van der Waals surface area contributed by atoms with E-state index in [1.165, 1.54) is 24.1 Å². The maximum Gasteiger partial charge on any atom is 0.191 e. The molecular formula is C23H43N5. The van der Waals surface area contributed by atoms with Crippen LogP contribution in [0, 0.1) is 0 Å². The largest absolute Gasteiger partial charge is 0.354 e. The number of rotatable bonds is 13. The topological polar surface area (TPSA) is 42.9 Å². The zero-order valence-electron chi connectivity index (χ0n) is 19.1. The Morgan fingerprint density at radius 1 is 0.929 bits per heavy atom. The fraction of sp³-hybridized carbons (Fsp3) is 0.696. The van der Waals surface area contributed by atoms with Crippen LogP contribution in [0.2, 0.25) is 0 Å². The van der Waals surface area contributed by atoms with Crippen LogP contribution in [0.15, 0.2) is 29.3 Å². The van der Waals surface area contributed by atoms with Gasteiger partial charge in [0.1, 0.15) is 0 Å². The van der Waals surface area contributed by atoms with Gasteiger partial charge in [0.25, 0.3) is 0 Å². The van der Waals surface area contributed by atoms with Crippen molar-refractivity contribution in [3.05, 3.63) is 35.4 Å². The lowest BCUT2D eigenvalue weighted by molar-refractivity contribution is 0.292. The van der Waals surface area contributed by atoms with Crippen LogP contribution in [0.5, 0.6) is 0 Å². The van der Waals surface area contributed by atoms with Gasteiger partial charge in [-0.2, -0.15) is 0 Å². The zero-order valence-corrected chi connectivity index (χ0v) is 19.1. The summed E-state index contributed by atoms with van der Waals surface area (Å²) < 4.78 is 0. The van der Waals surface area contributed by atoms with Crippen LogP contribution in [-0.2, 0) is 13.1 Å². The molecule has 0 aliphatic carbocycles. The molecule has 1 aromatic carbocycles. The molecule has 1 atom stereocenters. The highest BCUT2D eigenvalue weighted by atomic mass is 15.2. The Morgan fingerprint density at radius 2 is 1.50 bits per heavy atom. The number of hydrogen-bond acceptors (Lipinski definition) is 3. The normalized spacial score (nSPS) is 13.2. The molecule has 0 aliphatic heterocycles. The first-order chi connectivity index (χ1) is 13.6. The third-order valence-electron chi connectivity index (χ3n) is 5.40. The smallest absolute Gasteiger partial charge is 0.191 e. The molecule has 5 nitrogen and oxygen atoms in total. The highest BCUT2D eigenvalue weighted by molar-refractivity contribution is 5.79. The molecule has 28 heavy (non-hydrogen) atoms. The Morgan fingerprint density at radius 3 is 2.04 bits per heavy atom. The molecule has 0 saturated carbocycles. The third-order valence-corrected chi connectivity index (χ3v) is 5.40. The van der Waals surface area contributed by atoms with Gasteiger partial charge in [0.2, 0.25) is 0 Å². The maximum absolute atomic E-state index is 4.38. The fourth-order valence-electron chi connectivity index (χ4n) is 3.31. The summed E-state index contributed by atoms with van der Waals surface area (Å²) in [5.41, 5.74) is 2.65. The molecule has 0 radical (unpaired) electrons. The summed E-state index contributed by atoms with van der Waals surface area (Å²) in [6.07, 6.45) is 2.36. The second-order valence-electron chi connectivity index (χ2n) is 7.42. The Balaban J connectivity index is 2.39. The number of aliphatic imine (C=N–C) groups is 1. The van der Waals surface area contributed by atoms with Crippen molar-refractivity contribution in [1.29, 1.82) is 0 Å². The predicted octanol–water partition coefficient (Wildman–Crippen LogP) is 3.70. The zero-order chi connectivity index (χ0) is 20.8. The number of nitrogens with zero attached hydrogens (tertiary/aromatic N) is 3. The SMILES string of the molecule is CCN(CC)CCCC(C)NC(=NC)NCc1ccc(CN(CC)CC)cc1. The first-order valence-electron chi connectivity index (χ1n) is 11.1. The lowest BCUT2D eigenvalue weighted by Crippen LogP contribution is -2.42. The summed E-state index contributed by atoms with van der Waals surface area (Å²) in [5, 5.41) is 6.95. The van der Waals surface area contributed by atoms with Crippen molar-refractivity contribution >= 4 is 5.96 Å². The number of hydrogen-bond donors (Lipinski definition) is 2. The molecule has 0 amide bonds. The minimum atomic E-state index is 0.415. The minimum absolute atomic E-state index is 0.415. The lowest BCUT2D eigenvalue weighted by atomic mass is 10.1. The summed E-state index contributed by atoms with van der Waals surface area (Å²) in [7, 11) is 1.84. The fourth-order valence-corrected chi connectivity index (χ4v) is 3.31. The second kappa shape index (κ2) is 14.4. The van der Waals surface area contributed by atoms with E-state index in [1.807, 2.05) is 7.05 Å². The third kappa shape index (κ3) is 9.56. The molecule has 0 fully saturated rings. The maximum atomic E-state index is 4.38. The number of guanidine groups is 1. The van der Waals surface area contributed by atoms with Crippen molar-refractivity contribution in [2.45, 2.75) is 66.6 Å². The molecule has 0 heterocycles. The van der Waals surface area contributed by atoms with Gasteiger partial charge in [-0.25, -0.2) is 0 Å². The monoisotopic (exact) mass is 389 g/mol. The Labute approximate surface area is 173 Å². The Kier molecular flexibility index (Phi) is 12.6. The molecule has 0 aliphatic rings. The molecule has 5 heteroatoms. The summed E-state index contributed by atoms with van der Waals surface area (Å²) in [6.45, 7) is 18.6. The van der Waals surface area contributed by atoms with Crippen LogP contribution >= 0.6 is 0 Å². The van der Waals surface area contributed by atoms with Gasteiger partial charge in [-0.05, 0) is 63.6 Å². The van der Waals surface area contributed by atoms with Crippen LogP contribution in [0.1, 0.15) is 58.6 Å². The van der Waals surface area contributed by atoms with E-state index in [0.717, 1.165) is 51.6 Å². The molecule has 1 aromatic rings. The molecule has 1 rings (SSSR count). The van der Waals surface area contributed by atoms with E-state index in [4.69, 9.17) is 0 Å². The first-order valence-corrected chi connectivity index (χ1v) is 11.1. The molecule has 0 aromatic heterocycles. The number of nitrogens with one attached hydrogen (secondary N) is 2. The highest BCUT2D eigenvalue weighted by Crippen LogP contribution is 2.07. The standard InChI is InChI=1S/C23H43N5/c1-7-27(8-2)17-11-12-20(5)26-23(24-6)25-18-21-13-15-22(16-14-21)19-28(9-3)10-4/h13-16,20H,7-12,17-19H2,1-6H3,(H2,24,25,26). The van der Waals surface area contributed by atoms with E-state index >= 15 is 0 Å². The van der Waals surface area contributed by atoms with Gasteiger partial charge >= 0.3 is 0 Å². The van der Waals surface area contributed by atoms with Crippen molar-refractivity contribution in [2.24, 2.45) is 4.99 Å². The van der Waals surface area contributed by atoms with Crippen molar-refractivity contribution in [2.75, 3.05) is 39.8 Å². The van der Waals surface area contributed by atoms with Crippen LogP contribution < -0.4 is 10.6 Å². The van der Waals surface area contributed by atoms with Crippen molar-refractivity contribution in [1.82, 2.24) is 20.4 Å². The van der Waals surface area contributed by atoms with Gasteiger partial charge in [0, 0.05) is 26.2 Å². The van der Waals surface area contributed by atoms with Gasteiger partial charge in [-0.1, -0.05) is 52.0 Å². The van der Waals surface area contributed by atoms with Gasteiger partial charge in [0.05, 0.1) is 0 Å². The van der Waals surface area contributed by atoms with E-state index in [1.54, 1.807) is 0 Å². The van der Waals surface area contributed by atoms with Gasteiger partial charge < -0.3 is 15.5 Å². The predicted molar refractivity (Wildman–Crippen MR) is 123 cm³/mol. The average Bonchev–Trinajstić information content (AvgIpc) is 2.73. The van der Waals surface area contributed by atoms with Crippen molar-refractivity contribution in [3.8, 4) is 0 Å². The molecule has 2 N–H and O–H groups in total. The molecule has 0 bridgehead atoms. The van der Waals surface area contributed by atoms with Gasteiger partial charge in [-0.15, -0.1) is 0 Å². The minimum Gasteiger partial charge on any atom is -0.354 e. The van der Waals surface area contributed by atoms with E-state index < -0.39 is 0 Å². The molecule has 160 valence electrons. The van der Waals surface area contributed by atoms with Crippen LogP contribution in [0.3, 0.4) is 0 Å². The van der Waals surface area contributed by atoms with E-state index in [9.17, 15) is 0 Å². The van der Waals surface area contributed by atoms with Crippen LogP contribution in [0.25, 0.3) is 0 Å². The summed E-state index contributed by atoms with van der Waals surface area (Å²) in [4.78, 5) is 9.28. The summed E-state index contributed by atoms with van der Waals surface area (Å²) in [6, 6.07) is 9.32. The number of benzene rings is 1. The van der Waals surface area contributed by atoms with Gasteiger partial charge in [0.15, 0.2) is 5.96 Å². The molecule has 1 unspecified atom stereocenters. The first kappa shape index (κ1) is 24.4. The molecule has 0 saturated heterocycles. The van der Waals surface area contributed by atoms with Crippen LogP contribution in [0.4, 0.5) is 0 Å². The van der Waals surface area contributed by atoms with E-state index in [-0.39, 0.29) is 0 Å². The average molecular weight is 390 g/mol. The summed E-state index contributed by atoms with van der Waals surface area (Å²) >= 11 is 0. The highest BCUT2D eigenvalue weighted by Gasteiger charge is 2.07.